The van der Waals surface area contributed by atoms with Crippen LogP contribution in [0.5, 0.6) is 5.75 Å². The van der Waals surface area contributed by atoms with Gasteiger partial charge in [0.05, 0.1) is 43.8 Å². The van der Waals surface area contributed by atoms with Crippen molar-refractivity contribution in [2.24, 2.45) is 4.99 Å². The highest BCUT2D eigenvalue weighted by atomic mass is 32.2. The molecule has 0 unspecified atom stereocenters. The number of nitro groups is 1. The molecule has 0 fully saturated rings. The van der Waals surface area contributed by atoms with Crippen molar-refractivity contribution >= 4 is 55.6 Å². The Kier molecular flexibility index (Phi) is 8.71. The number of allylic oxidation sites excluding steroid dienone is 1. The molecule has 1 N–H and O–H groups in total. The number of carbonyl (C=O) groups is 1. The van der Waals surface area contributed by atoms with Crippen LogP contribution in [0.4, 0.5) is 11.4 Å². The van der Waals surface area contributed by atoms with E-state index in [2.05, 4.69) is 5.32 Å². The molecule has 0 spiro atoms. The number of hydrogen-bond acceptors (Lipinski definition) is 9. The van der Waals surface area contributed by atoms with E-state index in [0.717, 1.165) is 21.4 Å². The normalized spacial score (nSPS) is 14.6. The first-order chi connectivity index (χ1) is 24.6. The summed E-state index contributed by atoms with van der Waals surface area (Å²) in [6.07, 6.45) is 2.99. The van der Waals surface area contributed by atoms with Crippen molar-refractivity contribution < 1.29 is 22.9 Å². The van der Waals surface area contributed by atoms with Gasteiger partial charge in [0.25, 0.3) is 27.2 Å². The van der Waals surface area contributed by atoms with E-state index < -0.39 is 32.5 Å². The van der Waals surface area contributed by atoms with Gasteiger partial charge in [-0.2, -0.15) is 0 Å². The van der Waals surface area contributed by atoms with Gasteiger partial charge in [0, 0.05) is 35.0 Å². The molecule has 0 saturated carbocycles. The molecule has 7 rings (SSSR count). The third-order valence-electron chi connectivity index (χ3n) is 8.39. The Bertz CT molecular complexity index is 2680. The van der Waals surface area contributed by atoms with E-state index in [4.69, 9.17) is 9.73 Å². The van der Waals surface area contributed by atoms with Gasteiger partial charge in [-0.1, -0.05) is 65.9 Å². The predicted molar refractivity (Wildman–Crippen MR) is 194 cm³/mol. The highest BCUT2D eigenvalue weighted by Crippen LogP contribution is 2.32. The molecule has 1 aliphatic rings. The standard InChI is InChI=1S/C37H29N5O7S2/c1-3-49-28-18-16-24(17-19-28)34-33(35(43)39-26-10-5-4-6-11-26)23(2)38-37-41(34)36(44)32(50-37)20-25-22-40(31-15-8-7-14-30(25)31)51(47,48)29-13-9-12-27(21-29)42(45)46/h4-22,34H,3H2,1-2H3,(H,39,43)/b32-20-/t34-/m0/s1. The van der Waals surface area contributed by atoms with Crippen molar-refractivity contribution in [2.45, 2.75) is 24.8 Å². The van der Waals surface area contributed by atoms with Crippen LogP contribution in [-0.4, -0.2) is 34.4 Å². The number of nitrogens with zero attached hydrogens (tertiary/aromatic N) is 4. The van der Waals surface area contributed by atoms with E-state index >= 15 is 0 Å². The van der Waals surface area contributed by atoms with Gasteiger partial charge in [-0.3, -0.25) is 24.3 Å². The van der Waals surface area contributed by atoms with Gasteiger partial charge in [-0.15, -0.1) is 0 Å². The number of ether oxygens (including phenoxy) is 1. The summed E-state index contributed by atoms with van der Waals surface area (Å²) in [5.41, 5.74) is 1.96. The lowest BCUT2D eigenvalue weighted by Crippen LogP contribution is -2.40. The Morgan fingerprint density at radius 3 is 2.47 bits per heavy atom. The summed E-state index contributed by atoms with van der Waals surface area (Å²) < 4.78 is 36.1. The molecule has 12 nitrogen and oxygen atoms in total. The number of carbonyl (C=O) groups excluding carboxylic acids is 1. The summed E-state index contributed by atoms with van der Waals surface area (Å²) in [5, 5.41) is 14.9. The van der Waals surface area contributed by atoms with Gasteiger partial charge < -0.3 is 10.1 Å². The number of benzene rings is 4. The van der Waals surface area contributed by atoms with Crippen molar-refractivity contribution in [3.63, 3.8) is 0 Å². The van der Waals surface area contributed by atoms with Crippen molar-refractivity contribution in [3.8, 4) is 5.75 Å². The quantitative estimate of drug-likeness (QED) is 0.156. The fourth-order valence-electron chi connectivity index (χ4n) is 6.06. The summed E-state index contributed by atoms with van der Waals surface area (Å²) in [7, 11) is -4.28. The average molecular weight is 720 g/mol. The number of thiazole rings is 1. The lowest BCUT2D eigenvalue weighted by atomic mass is 9.95. The zero-order valence-corrected chi connectivity index (χ0v) is 28.9. The van der Waals surface area contributed by atoms with Gasteiger partial charge in [-0.25, -0.2) is 17.4 Å². The summed E-state index contributed by atoms with van der Waals surface area (Å²) in [5.74, 6) is 0.228. The van der Waals surface area contributed by atoms with Crippen molar-refractivity contribution in [3.05, 3.63) is 162 Å². The first-order valence-corrected chi connectivity index (χ1v) is 18.0. The number of amides is 1. The molecule has 256 valence electrons. The summed E-state index contributed by atoms with van der Waals surface area (Å²) >= 11 is 1.12. The van der Waals surface area contributed by atoms with Crippen molar-refractivity contribution in [2.75, 3.05) is 11.9 Å². The molecule has 4 aromatic carbocycles. The maximum atomic E-state index is 14.4. The topological polar surface area (TPSA) is 155 Å². The number of nitrogens with one attached hydrogen (secondary N) is 1. The Morgan fingerprint density at radius 2 is 1.75 bits per heavy atom. The Morgan fingerprint density at radius 1 is 1.02 bits per heavy atom. The second-order valence-electron chi connectivity index (χ2n) is 11.6. The van der Waals surface area contributed by atoms with E-state index in [-0.39, 0.29) is 15.1 Å². The molecule has 0 bridgehead atoms. The number of nitro benzene ring substituents is 1. The summed E-state index contributed by atoms with van der Waals surface area (Å²) in [4.78, 5) is 43.8. The largest absolute Gasteiger partial charge is 0.494 e. The first-order valence-electron chi connectivity index (χ1n) is 15.8. The average Bonchev–Trinajstić information content (AvgIpc) is 3.65. The molecule has 0 aliphatic carbocycles. The number of hydrogen-bond donors (Lipinski definition) is 1. The third kappa shape index (κ3) is 6.15. The molecule has 51 heavy (non-hydrogen) atoms. The highest BCUT2D eigenvalue weighted by Gasteiger charge is 2.33. The maximum absolute atomic E-state index is 14.4. The van der Waals surface area contributed by atoms with Gasteiger partial charge in [0.2, 0.25) is 0 Å². The monoisotopic (exact) mass is 719 g/mol. The fourth-order valence-corrected chi connectivity index (χ4v) is 8.52. The van der Waals surface area contributed by atoms with Gasteiger partial charge in [-0.05, 0) is 61.9 Å². The van der Waals surface area contributed by atoms with Gasteiger partial charge in [0.15, 0.2) is 4.80 Å². The zero-order chi connectivity index (χ0) is 35.9. The molecule has 1 aliphatic heterocycles. The Hall–Kier alpha value is -6.12. The van der Waals surface area contributed by atoms with E-state index in [1.54, 1.807) is 61.5 Å². The van der Waals surface area contributed by atoms with Gasteiger partial charge >= 0.3 is 0 Å². The second kappa shape index (κ2) is 13.3. The minimum Gasteiger partial charge on any atom is -0.494 e. The minimum atomic E-state index is -4.28. The van der Waals surface area contributed by atoms with E-state index in [0.29, 0.717) is 56.1 Å². The highest BCUT2D eigenvalue weighted by molar-refractivity contribution is 7.90. The molecule has 0 saturated heterocycles. The summed E-state index contributed by atoms with van der Waals surface area (Å²) in [6, 6.07) is 27.0. The molecule has 2 aromatic heterocycles. The summed E-state index contributed by atoms with van der Waals surface area (Å²) in [6.45, 7) is 4.08. The van der Waals surface area contributed by atoms with Crippen LogP contribution >= 0.6 is 11.3 Å². The molecule has 0 radical (unpaired) electrons. The van der Waals surface area contributed by atoms with Crippen LogP contribution in [0.3, 0.4) is 0 Å². The first kappa shape index (κ1) is 33.4. The fraction of sp³-hybridized carbons (Fsp3) is 0.108. The molecule has 14 heteroatoms. The number of non-ortho nitro benzene ring substituents is 1. The Labute approximate surface area is 295 Å². The van der Waals surface area contributed by atoms with Crippen LogP contribution in [0.15, 0.2) is 135 Å². The smallest absolute Gasteiger partial charge is 0.271 e. The molecule has 1 atom stereocenters. The van der Waals surface area contributed by atoms with E-state index in [1.165, 1.54) is 29.0 Å². The zero-order valence-electron chi connectivity index (χ0n) is 27.2. The molecular weight excluding hydrogens is 691 g/mol. The number of para-hydroxylation sites is 2. The molecule has 3 heterocycles. The second-order valence-corrected chi connectivity index (χ2v) is 14.4. The number of fused-ring (bicyclic) bond motifs is 2. The van der Waals surface area contributed by atoms with E-state index in [9.17, 15) is 28.1 Å². The predicted octanol–water partition coefficient (Wildman–Crippen LogP) is 5.37. The van der Waals surface area contributed by atoms with Crippen LogP contribution in [0.1, 0.15) is 31.0 Å². The number of anilines is 1. The molecular formula is C37H29N5O7S2. The Balaban J connectivity index is 1.38. The van der Waals surface area contributed by atoms with Crippen molar-refractivity contribution in [1.29, 1.82) is 0 Å². The number of aromatic nitrogens is 2. The molecule has 1 amide bonds. The lowest BCUT2D eigenvalue weighted by molar-refractivity contribution is -0.385. The van der Waals surface area contributed by atoms with Crippen LogP contribution in [-0.2, 0) is 14.8 Å². The van der Waals surface area contributed by atoms with Crippen LogP contribution in [0.25, 0.3) is 17.0 Å². The van der Waals surface area contributed by atoms with Crippen LogP contribution < -0.4 is 24.9 Å². The lowest BCUT2D eigenvalue weighted by Gasteiger charge is -2.25. The van der Waals surface area contributed by atoms with E-state index in [1.807, 2.05) is 37.3 Å². The number of rotatable bonds is 9. The van der Waals surface area contributed by atoms with Crippen molar-refractivity contribution in [1.82, 2.24) is 8.54 Å². The minimum absolute atomic E-state index is 0.254. The third-order valence-corrected chi connectivity index (χ3v) is 11.0. The molecule has 6 aromatic rings. The van der Waals surface area contributed by atoms with Crippen LogP contribution in [0, 0.1) is 10.1 Å². The maximum Gasteiger partial charge on any atom is 0.271 e. The SMILES string of the molecule is CCOc1ccc([C@H]2C(C(=O)Nc3ccccc3)=C(C)N=c3s/c(=C\c4cn(S(=O)(=O)c5cccc([N+](=O)[O-])c5)c5ccccc45)c(=O)n32)cc1. The van der Waals surface area contributed by atoms with Crippen LogP contribution in [0.2, 0.25) is 0 Å². The van der Waals surface area contributed by atoms with Gasteiger partial charge in [0.1, 0.15) is 5.75 Å².